The Balaban J connectivity index is 2.58. The molecule has 1 amide bonds. The minimum absolute atomic E-state index is 0.155. The van der Waals surface area contributed by atoms with Gasteiger partial charge in [0.1, 0.15) is 5.75 Å². The fraction of sp³-hybridized carbons (Fsp3) is 0.467. The van der Waals surface area contributed by atoms with Gasteiger partial charge in [0.05, 0.1) is 5.56 Å². The van der Waals surface area contributed by atoms with Gasteiger partial charge in [-0.15, -0.1) is 0 Å². The summed E-state index contributed by atoms with van der Waals surface area (Å²) in [6.45, 7) is 5.71. The molecule has 20 heavy (non-hydrogen) atoms. The van der Waals surface area contributed by atoms with Gasteiger partial charge < -0.3 is 15.2 Å². The van der Waals surface area contributed by atoms with E-state index in [0.717, 1.165) is 12.8 Å². The van der Waals surface area contributed by atoms with Crippen LogP contribution >= 0.6 is 0 Å². The van der Waals surface area contributed by atoms with E-state index in [0.29, 0.717) is 5.75 Å². The highest BCUT2D eigenvalue weighted by molar-refractivity contribution is 5.87. The molecule has 1 aromatic rings. The maximum Gasteiger partial charge on any atom is 0.335 e. The Kier molecular flexibility index (Phi) is 6.03. The number of ether oxygens (including phenoxy) is 1. The van der Waals surface area contributed by atoms with E-state index in [2.05, 4.69) is 5.32 Å². The number of benzene rings is 1. The van der Waals surface area contributed by atoms with Gasteiger partial charge in [0, 0.05) is 6.04 Å². The van der Waals surface area contributed by atoms with Gasteiger partial charge in [0.25, 0.3) is 5.91 Å². The van der Waals surface area contributed by atoms with E-state index in [4.69, 9.17) is 9.84 Å². The number of hydrogen-bond acceptors (Lipinski definition) is 3. The quantitative estimate of drug-likeness (QED) is 0.804. The highest BCUT2D eigenvalue weighted by Gasteiger charge is 2.17. The van der Waals surface area contributed by atoms with Gasteiger partial charge in [-0.05, 0) is 44.0 Å². The molecule has 1 unspecified atom stereocenters. The predicted octanol–water partition coefficient (Wildman–Crippen LogP) is 2.46. The highest BCUT2D eigenvalue weighted by Crippen LogP contribution is 2.14. The fourth-order valence-corrected chi connectivity index (χ4v) is 1.75. The summed E-state index contributed by atoms with van der Waals surface area (Å²) in [4.78, 5) is 22.6. The van der Waals surface area contributed by atoms with Crippen LogP contribution in [0.4, 0.5) is 0 Å². The Bertz CT molecular complexity index is 451. The Morgan fingerprint density at radius 1 is 1.20 bits per heavy atom. The Hall–Kier alpha value is -2.04. The molecule has 0 fully saturated rings. The number of nitrogens with one attached hydrogen (secondary N) is 1. The summed E-state index contributed by atoms with van der Waals surface area (Å²) in [7, 11) is 0. The average molecular weight is 279 g/mol. The number of carbonyl (C=O) groups excluding carboxylic acids is 1. The summed E-state index contributed by atoms with van der Waals surface area (Å²) in [5, 5.41) is 11.7. The molecule has 1 rings (SSSR count). The SMILES string of the molecule is CCC(CC)NC(=O)C(C)Oc1ccc(C(=O)O)cc1. The van der Waals surface area contributed by atoms with Crippen LogP contribution in [0.2, 0.25) is 0 Å². The lowest BCUT2D eigenvalue weighted by atomic mass is 10.1. The normalized spacial score (nSPS) is 12.0. The largest absolute Gasteiger partial charge is 0.481 e. The fourth-order valence-electron chi connectivity index (χ4n) is 1.75. The topological polar surface area (TPSA) is 75.6 Å². The minimum atomic E-state index is -0.990. The smallest absolute Gasteiger partial charge is 0.335 e. The average Bonchev–Trinajstić information content (AvgIpc) is 2.44. The zero-order valence-electron chi connectivity index (χ0n) is 12.1. The van der Waals surface area contributed by atoms with Gasteiger partial charge in [-0.2, -0.15) is 0 Å². The van der Waals surface area contributed by atoms with Crippen LogP contribution in [0.1, 0.15) is 44.0 Å². The molecular formula is C15H21NO4. The number of rotatable bonds is 7. The highest BCUT2D eigenvalue weighted by atomic mass is 16.5. The first kappa shape index (κ1) is 16.0. The lowest BCUT2D eigenvalue weighted by molar-refractivity contribution is -0.128. The number of aromatic carboxylic acids is 1. The van der Waals surface area contributed by atoms with Crippen molar-refractivity contribution in [3.8, 4) is 5.75 Å². The second-order valence-corrected chi connectivity index (χ2v) is 4.61. The third-order valence-electron chi connectivity index (χ3n) is 3.12. The molecular weight excluding hydrogens is 258 g/mol. The van der Waals surface area contributed by atoms with Gasteiger partial charge in [0.15, 0.2) is 6.10 Å². The summed E-state index contributed by atoms with van der Waals surface area (Å²) in [5.41, 5.74) is 0.187. The summed E-state index contributed by atoms with van der Waals surface area (Å²) in [5.74, 6) is -0.681. The first-order valence-electron chi connectivity index (χ1n) is 6.78. The van der Waals surface area contributed by atoms with Gasteiger partial charge >= 0.3 is 5.97 Å². The summed E-state index contributed by atoms with van der Waals surface area (Å²) < 4.78 is 5.50. The van der Waals surface area contributed by atoms with Crippen molar-refractivity contribution in [3.63, 3.8) is 0 Å². The van der Waals surface area contributed by atoms with E-state index in [9.17, 15) is 9.59 Å². The Morgan fingerprint density at radius 2 is 1.75 bits per heavy atom. The van der Waals surface area contributed by atoms with Crippen molar-refractivity contribution in [1.82, 2.24) is 5.32 Å². The van der Waals surface area contributed by atoms with Crippen LogP contribution in [-0.2, 0) is 4.79 Å². The summed E-state index contributed by atoms with van der Waals surface area (Å²) >= 11 is 0. The van der Waals surface area contributed by atoms with Crippen LogP contribution in [0.15, 0.2) is 24.3 Å². The zero-order valence-corrected chi connectivity index (χ0v) is 12.1. The number of carboxylic acid groups (broad SMARTS) is 1. The van der Waals surface area contributed by atoms with Crippen LogP contribution in [0.5, 0.6) is 5.75 Å². The summed E-state index contributed by atoms with van der Waals surface area (Å²) in [6.07, 6.45) is 1.14. The molecule has 0 spiro atoms. The van der Waals surface area contributed by atoms with Crippen LogP contribution in [0, 0.1) is 0 Å². The van der Waals surface area contributed by atoms with Crippen LogP contribution in [-0.4, -0.2) is 29.1 Å². The van der Waals surface area contributed by atoms with Crippen molar-refractivity contribution in [3.05, 3.63) is 29.8 Å². The standard InChI is InChI=1S/C15H21NO4/c1-4-12(5-2)16-14(17)10(3)20-13-8-6-11(7-9-13)15(18)19/h6-10,12H,4-5H2,1-3H3,(H,16,17)(H,18,19). The minimum Gasteiger partial charge on any atom is -0.481 e. The molecule has 5 heteroatoms. The van der Waals surface area contributed by atoms with E-state index >= 15 is 0 Å². The predicted molar refractivity (Wildman–Crippen MR) is 76.0 cm³/mol. The van der Waals surface area contributed by atoms with Gasteiger partial charge in [-0.1, -0.05) is 13.8 Å². The zero-order chi connectivity index (χ0) is 15.1. The van der Waals surface area contributed by atoms with Crippen LogP contribution in [0.25, 0.3) is 0 Å². The van der Waals surface area contributed by atoms with Crippen LogP contribution < -0.4 is 10.1 Å². The molecule has 0 saturated heterocycles. The van der Waals surface area contributed by atoms with E-state index in [1.807, 2.05) is 13.8 Å². The van der Waals surface area contributed by atoms with Gasteiger partial charge in [-0.3, -0.25) is 4.79 Å². The second-order valence-electron chi connectivity index (χ2n) is 4.61. The Morgan fingerprint density at radius 3 is 2.20 bits per heavy atom. The molecule has 0 aliphatic heterocycles. The molecule has 0 aliphatic carbocycles. The maximum absolute atomic E-state index is 11.9. The third kappa shape index (κ3) is 4.57. The number of carbonyl (C=O) groups is 2. The maximum atomic E-state index is 11.9. The first-order valence-corrected chi connectivity index (χ1v) is 6.78. The molecule has 5 nitrogen and oxygen atoms in total. The van der Waals surface area contributed by atoms with Gasteiger partial charge in [-0.25, -0.2) is 4.79 Å². The van der Waals surface area contributed by atoms with Crippen molar-refractivity contribution in [2.24, 2.45) is 0 Å². The van der Waals surface area contributed by atoms with Crippen molar-refractivity contribution in [2.75, 3.05) is 0 Å². The van der Waals surface area contributed by atoms with E-state index in [-0.39, 0.29) is 17.5 Å². The number of carboxylic acids is 1. The number of amides is 1. The van der Waals surface area contributed by atoms with Crippen molar-refractivity contribution in [2.45, 2.75) is 45.8 Å². The molecule has 110 valence electrons. The molecule has 1 aromatic carbocycles. The summed E-state index contributed by atoms with van der Waals surface area (Å²) in [6, 6.07) is 6.14. The van der Waals surface area contributed by atoms with Gasteiger partial charge in [0.2, 0.25) is 0 Å². The molecule has 1 atom stereocenters. The van der Waals surface area contributed by atoms with Crippen molar-refractivity contribution < 1.29 is 19.4 Å². The Labute approximate surface area is 118 Å². The number of hydrogen-bond donors (Lipinski definition) is 2. The first-order chi connectivity index (χ1) is 9.47. The molecule has 2 N–H and O–H groups in total. The lowest BCUT2D eigenvalue weighted by Gasteiger charge is -2.19. The van der Waals surface area contributed by atoms with E-state index < -0.39 is 12.1 Å². The molecule has 0 aliphatic rings. The van der Waals surface area contributed by atoms with Crippen molar-refractivity contribution >= 4 is 11.9 Å². The molecule has 0 heterocycles. The van der Waals surface area contributed by atoms with Crippen molar-refractivity contribution in [1.29, 1.82) is 0 Å². The molecule has 0 saturated carbocycles. The molecule has 0 bridgehead atoms. The lowest BCUT2D eigenvalue weighted by Crippen LogP contribution is -2.42. The molecule has 0 radical (unpaired) electrons. The van der Waals surface area contributed by atoms with E-state index in [1.165, 1.54) is 12.1 Å². The third-order valence-corrected chi connectivity index (χ3v) is 3.12. The molecule has 0 aromatic heterocycles. The second kappa shape index (κ2) is 7.53. The van der Waals surface area contributed by atoms with Crippen LogP contribution in [0.3, 0.4) is 0 Å². The van der Waals surface area contributed by atoms with E-state index in [1.54, 1.807) is 19.1 Å². The monoisotopic (exact) mass is 279 g/mol.